The highest BCUT2D eigenvalue weighted by atomic mass is 16.1. The molecule has 0 saturated carbocycles. The van der Waals surface area contributed by atoms with Gasteiger partial charge in [0.2, 0.25) is 5.91 Å². The van der Waals surface area contributed by atoms with Crippen molar-refractivity contribution < 1.29 is 4.79 Å². The highest BCUT2D eigenvalue weighted by Gasteiger charge is 2.39. The maximum Gasteiger partial charge on any atom is 0.224 e. The van der Waals surface area contributed by atoms with Crippen LogP contribution in [0.1, 0.15) is 25.7 Å². The molecule has 15 heavy (non-hydrogen) atoms. The van der Waals surface area contributed by atoms with Crippen LogP contribution in [-0.4, -0.2) is 19.0 Å². The van der Waals surface area contributed by atoms with Crippen molar-refractivity contribution in [3.8, 4) is 0 Å². The van der Waals surface area contributed by atoms with Gasteiger partial charge in [0, 0.05) is 17.5 Å². The van der Waals surface area contributed by atoms with Gasteiger partial charge in [0.05, 0.1) is 0 Å². The van der Waals surface area contributed by atoms with Crippen LogP contribution in [0.15, 0.2) is 23.4 Å². The van der Waals surface area contributed by atoms with Gasteiger partial charge in [0.15, 0.2) is 0 Å². The van der Waals surface area contributed by atoms with Crippen molar-refractivity contribution in [2.45, 2.75) is 25.7 Å². The van der Waals surface area contributed by atoms with E-state index in [0.717, 1.165) is 25.2 Å². The number of carbonyl (C=O) groups is 1. The summed E-state index contributed by atoms with van der Waals surface area (Å²) in [6, 6.07) is 0. The zero-order valence-electron chi connectivity index (χ0n) is 8.81. The molecule has 3 rings (SSSR count). The van der Waals surface area contributed by atoms with Crippen molar-refractivity contribution in [2.24, 2.45) is 5.41 Å². The summed E-state index contributed by atoms with van der Waals surface area (Å²) in [5.74, 6) is 0.171. The van der Waals surface area contributed by atoms with Crippen LogP contribution in [0, 0.1) is 5.41 Å². The largest absolute Gasteiger partial charge is 0.326 e. The van der Waals surface area contributed by atoms with E-state index in [1.165, 1.54) is 18.4 Å². The van der Waals surface area contributed by atoms with Crippen molar-refractivity contribution >= 4 is 5.91 Å². The number of allylic oxidation sites excluding steroid dienone is 3. The summed E-state index contributed by atoms with van der Waals surface area (Å²) < 4.78 is 0. The zero-order chi connectivity index (χ0) is 10.3. The smallest absolute Gasteiger partial charge is 0.224 e. The molecule has 0 radical (unpaired) electrons. The van der Waals surface area contributed by atoms with Gasteiger partial charge >= 0.3 is 0 Å². The fourth-order valence-corrected chi connectivity index (χ4v) is 3.01. The number of carbonyl (C=O) groups excluding carboxylic acids is 1. The minimum absolute atomic E-state index is 0.171. The molecule has 80 valence electrons. The maximum absolute atomic E-state index is 11.3. The second kappa shape index (κ2) is 3.20. The van der Waals surface area contributed by atoms with E-state index >= 15 is 0 Å². The Kier molecular flexibility index (Phi) is 1.96. The Morgan fingerprint density at radius 3 is 2.80 bits per heavy atom. The summed E-state index contributed by atoms with van der Waals surface area (Å²) in [5.41, 5.74) is 2.84. The first-order valence-corrected chi connectivity index (χ1v) is 5.74. The molecule has 1 spiro atoms. The summed E-state index contributed by atoms with van der Waals surface area (Å²) in [6.07, 6.45) is 8.39. The quantitative estimate of drug-likeness (QED) is 0.620. The molecule has 0 aromatic heterocycles. The lowest BCUT2D eigenvalue weighted by Crippen LogP contribution is -2.38. The van der Waals surface area contributed by atoms with Gasteiger partial charge in [-0.25, -0.2) is 0 Å². The first-order valence-electron chi connectivity index (χ1n) is 5.74. The Hall–Kier alpha value is -1.09. The van der Waals surface area contributed by atoms with Gasteiger partial charge < -0.3 is 10.6 Å². The Morgan fingerprint density at radius 1 is 1.20 bits per heavy atom. The lowest BCUT2D eigenvalue weighted by atomic mass is 9.72. The standard InChI is InChI=1S/C12H16N2O/c15-11-2-1-9-10(14-11)3-4-12(9)5-7-13-8-6-12/h3-4,13H,1-2,5-8H2,(H,14,15). The third kappa shape index (κ3) is 1.34. The van der Waals surface area contributed by atoms with Gasteiger partial charge in [0.1, 0.15) is 0 Å². The van der Waals surface area contributed by atoms with Crippen LogP contribution >= 0.6 is 0 Å². The van der Waals surface area contributed by atoms with Crippen molar-refractivity contribution in [2.75, 3.05) is 13.1 Å². The Bertz CT molecular complexity index is 362. The SMILES string of the molecule is O=C1CCC2=C(C=CC23CCNCC3)N1. The van der Waals surface area contributed by atoms with E-state index in [1.54, 1.807) is 0 Å². The first kappa shape index (κ1) is 9.16. The van der Waals surface area contributed by atoms with Crippen molar-refractivity contribution in [1.82, 2.24) is 10.6 Å². The lowest BCUT2D eigenvalue weighted by Gasteiger charge is -2.36. The van der Waals surface area contributed by atoms with Gasteiger partial charge in [-0.1, -0.05) is 6.08 Å². The predicted molar refractivity (Wildman–Crippen MR) is 58.1 cm³/mol. The monoisotopic (exact) mass is 204 g/mol. The average molecular weight is 204 g/mol. The number of amides is 1. The van der Waals surface area contributed by atoms with E-state index in [-0.39, 0.29) is 11.3 Å². The van der Waals surface area contributed by atoms with Crippen LogP contribution in [0.2, 0.25) is 0 Å². The van der Waals surface area contributed by atoms with Gasteiger partial charge in [-0.05, 0) is 44.0 Å². The van der Waals surface area contributed by atoms with Crippen LogP contribution in [0.25, 0.3) is 0 Å². The Labute approximate surface area is 89.6 Å². The van der Waals surface area contributed by atoms with Crippen molar-refractivity contribution in [1.29, 1.82) is 0 Å². The van der Waals surface area contributed by atoms with Gasteiger partial charge in [-0.2, -0.15) is 0 Å². The summed E-state index contributed by atoms with van der Waals surface area (Å²) in [5, 5.41) is 6.38. The van der Waals surface area contributed by atoms with Gasteiger partial charge in [0.25, 0.3) is 0 Å². The molecule has 3 nitrogen and oxygen atoms in total. The molecule has 2 aliphatic heterocycles. The number of rotatable bonds is 0. The third-order valence-electron chi connectivity index (χ3n) is 3.87. The molecule has 1 fully saturated rings. The molecular formula is C12H16N2O. The Morgan fingerprint density at radius 2 is 2.00 bits per heavy atom. The number of hydrogen-bond acceptors (Lipinski definition) is 2. The van der Waals surface area contributed by atoms with Crippen LogP contribution in [0.4, 0.5) is 0 Å². The first-order chi connectivity index (χ1) is 7.30. The molecular weight excluding hydrogens is 188 g/mol. The number of fused-ring (bicyclic) bond motifs is 1. The van der Waals surface area contributed by atoms with E-state index in [0.29, 0.717) is 6.42 Å². The Balaban J connectivity index is 1.94. The number of hydrogen-bond donors (Lipinski definition) is 2. The molecule has 2 heterocycles. The molecule has 0 unspecified atom stereocenters. The molecule has 1 aliphatic carbocycles. The minimum Gasteiger partial charge on any atom is -0.326 e. The van der Waals surface area contributed by atoms with Crippen molar-refractivity contribution in [3.05, 3.63) is 23.4 Å². The number of piperidine rings is 1. The molecule has 0 bridgehead atoms. The zero-order valence-corrected chi connectivity index (χ0v) is 8.81. The van der Waals surface area contributed by atoms with Crippen LogP contribution < -0.4 is 10.6 Å². The molecule has 3 aliphatic rings. The van der Waals surface area contributed by atoms with E-state index in [4.69, 9.17) is 0 Å². The highest BCUT2D eigenvalue weighted by Crippen LogP contribution is 2.46. The minimum atomic E-state index is 0.171. The molecule has 0 atom stereocenters. The number of nitrogens with one attached hydrogen (secondary N) is 2. The second-order valence-electron chi connectivity index (χ2n) is 4.68. The van der Waals surface area contributed by atoms with Crippen LogP contribution in [-0.2, 0) is 4.79 Å². The average Bonchev–Trinajstić information content (AvgIpc) is 2.58. The van der Waals surface area contributed by atoms with Gasteiger partial charge in [-0.15, -0.1) is 0 Å². The summed E-state index contributed by atoms with van der Waals surface area (Å²) in [7, 11) is 0. The summed E-state index contributed by atoms with van der Waals surface area (Å²) in [4.78, 5) is 11.3. The third-order valence-corrected chi connectivity index (χ3v) is 3.87. The van der Waals surface area contributed by atoms with Crippen LogP contribution in [0.5, 0.6) is 0 Å². The second-order valence-corrected chi connectivity index (χ2v) is 4.68. The predicted octanol–water partition coefficient (Wildman–Crippen LogP) is 1.09. The van der Waals surface area contributed by atoms with E-state index in [1.807, 2.05) is 0 Å². The maximum atomic E-state index is 11.3. The fourth-order valence-electron chi connectivity index (χ4n) is 3.01. The van der Waals surface area contributed by atoms with E-state index < -0.39 is 0 Å². The summed E-state index contributed by atoms with van der Waals surface area (Å²) in [6.45, 7) is 2.18. The molecule has 0 aromatic rings. The fraction of sp³-hybridized carbons (Fsp3) is 0.583. The van der Waals surface area contributed by atoms with E-state index in [2.05, 4.69) is 22.8 Å². The highest BCUT2D eigenvalue weighted by molar-refractivity contribution is 5.81. The van der Waals surface area contributed by atoms with E-state index in [9.17, 15) is 4.79 Å². The van der Waals surface area contributed by atoms with Crippen molar-refractivity contribution in [3.63, 3.8) is 0 Å². The molecule has 1 amide bonds. The normalized spacial score (nSPS) is 28.1. The lowest BCUT2D eigenvalue weighted by molar-refractivity contribution is -0.120. The molecule has 3 heteroatoms. The van der Waals surface area contributed by atoms with Crippen LogP contribution in [0.3, 0.4) is 0 Å². The molecule has 1 saturated heterocycles. The summed E-state index contributed by atoms with van der Waals surface area (Å²) >= 11 is 0. The topological polar surface area (TPSA) is 41.1 Å². The van der Waals surface area contributed by atoms with Gasteiger partial charge in [-0.3, -0.25) is 4.79 Å². The molecule has 2 N–H and O–H groups in total. The molecule has 0 aromatic carbocycles.